The molecule has 0 rings (SSSR count). The van der Waals surface area contributed by atoms with E-state index in [9.17, 15) is 0 Å². The van der Waals surface area contributed by atoms with Crippen molar-refractivity contribution in [2.24, 2.45) is 10.1 Å². The Morgan fingerprint density at radius 3 is 1.50 bits per heavy atom. The van der Waals surface area contributed by atoms with E-state index in [0.29, 0.717) is 0 Å². The first kappa shape index (κ1) is 13.4. The van der Waals surface area contributed by atoms with E-state index in [4.69, 9.17) is 5.53 Å². The van der Waals surface area contributed by atoms with Crippen LogP contribution in [0.5, 0.6) is 0 Å². The van der Waals surface area contributed by atoms with Gasteiger partial charge in [0.2, 0.25) is 0 Å². The Kier molecular flexibility index (Phi) is 5.12. The molecule has 0 radical (unpaired) electrons. The number of rotatable bonds is 4. The van der Waals surface area contributed by atoms with Gasteiger partial charge in [-0.05, 0) is 47.1 Å². The van der Waals surface area contributed by atoms with Gasteiger partial charge in [0.25, 0.3) is 7.51 Å². The van der Waals surface area contributed by atoms with Crippen LogP contribution in [-0.2, 0) is 0 Å². The molecule has 0 aliphatic heterocycles. The molecule has 0 N–H and O–H groups in total. The Balaban J connectivity index is 5.50. The van der Waals surface area contributed by atoms with Gasteiger partial charge in [0, 0.05) is 5.22 Å². The van der Waals surface area contributed by atoms with Crippen LogP contribution < -0.4 is 0 Å². The lowest BCUT2D eigenvalue weighted by molar-refractivity contribution is 0.471. The molecule has 0 spiro atoms. The van der Waals surface area contributed by atoms with Gasteiger partial charge in [-0.15, -0.1) is 5.53 Å². The van der Waals surface area contributed by atoms with Crippen molar-refractivity contribution in [1.82, 2.24) is 14.0 Å². The summed E-state index contributed by atoms with van der Waals surface area (Å²) in [6.45, 7) is 0. The lowest BCUT2D eigenvalue weighted by atomic mass is 11.2. The van der Waals surface area contributed by atoms with E-state index < -0.39 is 7.51 Å². The molecule has 0 heterocycles. The summed E-state index contributed by atoms with van der Waals surface area (Å²) in [6.07, 6.45) is 0. The van der Waals surface area contributed by atoms with Crippen LogP contribution in [0.2, 0.25) is 0 Å². The molecule has 0 aromatic heterocycles. The number of azide groups is 1. The van der Waals surface area contributed by atoms with Crippen molar-refractivity contribution >= 4 is 7.51 Å². The number of hydrogen-bond donors (Lipinski definition) is 0. The van der Waals surface area contributed by atoms with Crippen LogP contribution in [0, 0.1) is 0 Å². The summed E-state index contributed by atoms with van der Waals surface area (Å²) in [5.41, 5.74) is 8.30. The second-order valence-electron chi connectivity index (χ2n) is 3.35. The first-order valence-electron chi connectivity index (χ1n) is 4.08. The molecule has 7 nitrogen and oxygen atoms in total. The fourth-order valence-electron chi connectivity index (χ4n) is 1.38. The zero-order valence-electron chi connectivity index (χ0n) is 9.58. The number of hydrogen-bond acceptors (Lipinski definition) is 0. The second-order valence-corrected chi connectivity index (χ2v) is 7.00. The topological polar surface area (TPSA) is 70.8 Å². The lowest BCUT2D eigenvalue weighted by Crippen LogP contribution is -2.30. The number of nitrogens with zero attached hydrogens (tertiary/aromatic N) is 7. The van der Waals surface area contributed by atoms with Gasteiger partial charge in [0.15, 0.2) is 0 Å². The Labute approximate surface area is 85.1 Å². The van der Waals surface area contributed by atoms with E-state index >= 15 is 0 Å². The minimum atomic E-state index is -2.02. The summed E-state index contributed by atoms with van der Waals surface area (Å²) >= 11 is 0. The van der Waals surface area contributed by atoms with Crippen LogP contribution in [0.3, 0.4) is 0 Å². The third-order valence-corrected chi connectivity index (χ3v) is 5.35. The monoisotopic (exact) mass is 219 g/mol. The van der Waals surface area contributed by atoms with Gasteiger partial charge >= 0.3 is 0 Å². The summed E-state index contributed by atoms with van der Waals surface area (Å²) in [6, 6.07) is 0. The van der Waals surface area contributed by atoms with E-state index in [1.807, 2.05) is 56.3 Å². The fraction of sp³-hybridized carbons (Fsp3) is 1.00. The molecule has 0 aromatic rings. The quantitative estimate of drug-likeness (QED) is 0.238. The van der Waals surface area contributed by atoms with Gasteiger partial charge in [-0.1, -0.05) is 0 Å². The smallest absolute Gasteiger partial charge is 0.232 e. The standard InChI is InChI=1S/C6H18N7P/c1-11(2)14(12(3)4,13(5)6)10-9-8-7/h1-6H3. The zero-order valence-corrected chi connectivity index (χ0v) is 10.5. The molecule has 0 saturated heterocycles. The van der Waals surface area contributed by atoms with E-state index in [0.717, 1.165) is 0 Å². The third-order valence-electron chi connectivity index (χ3n) is 1.81. The van der Waals surface area contributed by atoms with Crippen LogP contribution in [0.1, 0.15) is 0 Å². The van der Waals surface area contributed by atoms with Crippen molar-refractivity contribution in [3.05, 3.63) is 10.4 Å². The van der Waals surface area contributed by atoms with E-state index in [-0.39, 0.29) is 0 Å². The predicted molar refractivity (Wildman–Crippen MR) is 59.6 cm³/mol. The van der Waals surface area contributed by atoms with E-state index in [2.05, 4.69) is 15.0 Å². The van der Waals surface area contributed by atoms with Crippen LogP contribution in [0.4, 0.5) is 0 Å². The van der Waals surface area contributed by atoms with E-state index in [1.165, 1.54) is 0 Å². The molecule has 0 saturated carbocycles. The molecular weight excluding hydrogens is 201 g/mol. The maximum atomic E-state index is 8.30. The Bertz CT molecular complexity index is 247. The van der Waals surface area contributed by atoms with Crippen LogP contribution >= 0.6 is 7.51 Å². The Morgan fingerprint density at radius 1 is 0.929 bits per heavy atom. The highest BCUT2D eigenvalue weighted by atomic mass is 31.2. The summed E-state index contributed by atoms with van der Waals surface area (Å²) in [7, 11) is 9.50. The SMILES string of the molecule is CN(C)P(=NN=[N+]=[N-])(N(C)C)N(C)C. The van der Waals surface area contributed by atoms with Gasteiger partial charge in [0.05, 0.1) is 0 Å². The lowest BCUT2D eigenvalue weighted by Gasteiger charge is -2.35. The Hall–Kier alpha value is -0.580. The fourth-order valence-corrected chi connectivity index (χ4v) is 4.15. The molecule has 0 fully saturated rings. The van der Waals surface area contributed by atoms with Crippen LogP contribution in [0.25, 0.3) is 10.4 Å². The predicted octanol–water partition coefficient (Wildman–Crippen LogP) is 1.84. The highest BCUT2D eigenvalue weighted by Gasteiger charge is 2.33. The van der Waals surface area contributed by atoms with Crippen molar-refractivity contribution in [3.8, 4) is 0 Å². The first-order chi connectivity index (χ1) is 6.39. The van der Waals surface area contributed by atoms with Crippen molar-refractivity contribution < 1.29 is 0 Å². The maximum Gasteiger partial charge on any atom is 0.285 e. The van der Waals surface area contributed by atoms with Crippen LogP contribution in [-0.4, -0.2) is 56.3 Å². The minimum absolute atomic E-state index is 1.92. The average molecular weight is 219 g/mol. The molecular formula is C6H18N7P. The largest absolute Gasteiger partial charge is 0.285 e. The first-order valence-corrected chi connectivity index (χ1v) is 5.68. The third kappa shape index (κ3) is 2.47. The zero-order chi connectivity index (χ0) is 11.4. The average Bonchev–Trinajstić information content (AvgIpc) is 2.03. The normalized spacial score (nSPS) is 12.1. The molecule has 82 valence electrons. The Morgan fingerprint density at radius 2 is 1.29 bits per heavy atom. The van der Waals surface area contributed by atoms with Crippen molar-refractivity contribution in [1.29, 1.82) is 0 Å². The molecule has 0 aliphatic rings. The molecule has 0 aliphatic carbocycles. The molecule has 8 heteroatoms. The van der Waals surface area contributed by atoms with E-state index in [1.54, 1.807) is 0 Å². The molecule has 0 unspecified atom stereocenters. The molecule has 0 aromatic carbocycles. The van der Waals surface area contributed by atoms with Gasteiger partial charge in [0.1, 0.15) is 0 Å². The molecule has 0 bridgehead atoms. The van der Waals surface area contributed by atoms with Gasteiger partial charge in [-0.2, -0.15) is 4.91 Å². The highest BCUT2D eigenvalue weighted by molar-refractivity contribution is 7.58. The summed E-state index contributed by atoms with van der Waals surface area (Å²) in [5, 5.41) is 3.34. The second kappa shape index (κ2) is 5.34. The van der Waals surface area contributed by atoms with Crippen molar-refractivity contribution in [3.63, 3.8) is 0 Å². The van der Waals surface area contributed by atoms with Gasteiger partial charge in [-0.25, -0.2) is 14.0 Å². The molecule has 14 heavy (non-hydrogen) atoms. The van der Waals surface area contributed by atoms with Crippen LogP contribution in [0.15, 0.2) is 10.1 Å². The van der Waals surface area contributed by atoms with Crippen molar-refractivity contribution in [2.45, 2.75) is 0 Å². The summed E-state index contributed by atoms with van der Waals surface area (Å²) < 4.78 is 5.92. The maximum absolute atomic E-state index is 8.30. The highest BCUT2D eigenvalue weighted by Crippen LogP contribution is 2.54. The van der Waals surface area contributed by atoms with Gasteiger partial charge in [-0.3, -0.25) is 0 Å². The van der Waals surface area contributed by atoms with Gasteiger partial charge < -0.3 is 0 Å². The van der Waals surface area contributed by atoms with Crippen molar-refractivity contribution in [2.75, 3.05) is 42.3 Å². The molecule has 0 atom stereocenters. The minimum Gasteiger partial charge on any atom is -0.232 e. The summed E-state index contributed by atoms with van der Waals surface area (Å²) in [4.78, 5) is 6.74. The molecule has 0 amide bonds. The summed E-state index contributed by atoms with van der Waals surface area (Å²) in [5.74, 6) is 0.